The molecular formula is C12H19N3O. The summed E-state index contributed by atoms with van der Waals surface area (Å²) in [4.78, 5) is 4.47. The van der Waals surface area contributed by atoms with E-state index in [1.165, 1.54) is 19.3 Å². The molecular weight excluding hydrogens is 202 g/mol. The summed E-state index contributed by atoms with van der Waals surface area (Å²) >= 11 is 0. The minimum Gasteiger partial charge on any atom is -0.339 e. The van der Waals surface area contributed by atoms with Gasteiger partial charge in [0.15, 0.2) is 5.82 Å². The average molecular weight is 221 g/mol. The second kappa shape index (κ2) is 3.55. The summed E-state index contributed by atoms with van der Waals surface area (Å²) in [5.41, 5.74) is 6.00. The van der Waals surface area contributed by atoms with Gasteiger partial charge < -0.3 is 10.3 Å². The van der Waals surface area contributed by atoms with E-state index in [4.69, 9.17) is 10.3 Å². The van der Waals surface area contributed by atoms with Crippen molar-refractivity contribution in [2.75, 3.05) is 0 Å². The molecule has 2 aliphatic carbocycles. The molecule has 0 bridgehead atoms. The maximum Gasteiger partial charge on any atom is 0.229 e. The summed E-state index contributed by atoms with van der Waals surface area (Å²) in [6, 6.07) is -0.103. The molecule has 0 spiro atoms. The highest BCUT2D eigenvalue weighted by atomic mass is 16.5. The first-order valence-electron chi connectivity index (χ1n) is 6.24. The molecule has 2 fully saturated rings. The lowest BCUT2D eigenvalue weighted by atomic mass is 10.0. The molecule has 4 nitrogen and oxygen atoms in total. The van der Waals surface area contributed by atoms with Crippen molar-refractivity contribution in [2.45, 2.75) is 45.1 Å². The monoisotopic (exact) mass is 221 g/mol. The van der Waals surface area contributed by atoms with Crippen molar-refractivity contribution in [3.8, 4) is 0 Å². The molecule has 4 heteroatoms. The Balaban J connectivity index is 1.72. The van der Waals surface area contributed by atoms with Gasteiger partial charge in [-0.25, -0.2) is 0 Å². The standard InChI is InChI=1S/C12H19N3O/c1-6(2)10(13)11-14-12(16-15-11)9-4-7-3-8(7)5-9/h6-10H,3-5,13H2,1-2H3. The van der Waals surface area contributed by atoms with Crippen LogP contribution in [0.5, 0.6) is 0 Å². The van der Waals surface area contributed by atoms with Gasteiger partial charge in [-0.05, 0) is 37.0 Å². The van der Waals surface area contributed by atoms with Crippen molar-refractivity contribution < 1.29 is 4.52 Å². The van der Waals surface area contributed by atoms with Crippen LogP contribution in [0.3, 0.4) is 0 Å². The van der Waals surface area contributed by atoms with Crippen LogP contribution >= 0.6 is 0 Å². The molecule has 3 rings (SSSR count). The zero-order chi connectivity index (χ0) is 11.3. The zero-order valence-electron chi connectivity index (χ0n) is 9.89. The lowest BCUT2D eigenvalue weighted by molar-refractivity contribution is 0.337. The van der Waals surface area contributed by atoms with E-state index in [0.717, 1.165) is 17.7 Å². The van der Waals surface area contributed by atoms with Crippen molar-refractivity contribution in [1.29, 1.82) is 0 Å². The van der Waals surface area contributed by atoms with E-state index < -0.39 is 0 Å². The Morgan fingerprint density at radius 2 is 1.94 bits per heavy atom. The molecule has 3 atom stereocenters. The van der Waals surface area contributed by atoms with Gasteiger partial charge in [0.05, 0.1) is 6.04 Å². The van der Waals surface area contributed by atoms with Crippen molar-refractivity contribution in [3.05, 3.63) is 11.7 Å². The SMILES string of the molecule is CC(C)C(N)c1noc(C2CC3CC3C2)n1. The van der Waals surface area contributed by atoms with E-state index in [9.17, 15) is 0 Å². The number of hydrogen-bond donors (Lipinski definition) is 1. The van der Waals surface area contributed by atoms with Gasteiger partial charge >= 0.3 is 0 Å². The third kappa shape index (κ3) is 1.65. The smallest absolute Gasteiger partial charge is 0.229 e. The molecule has 1 aromatic rings. The first-order valence-corrected chi connectivity index (χ1v) is 6.24. The summed E-state index contributed by atoms with van der Waals surface area (Å²) in [7, 11) is 0. The van der Waals surface area contributed by atoms with Crippen molar-refractivity contribution in [2.24, 2.45) is 23.5 Å². The molecule has 2 saturated carbocycles. The average Bonchev–Trinajstić information content (AvgIpc) is 2.71. The van der Waals surface area contributed by atoms with Crippen LogP contribution < -0.4 is 5.73 Å². The van der Waals surface area contributed by atoms with Crippen LogP contribution in [0.1, 0.15) is 56.8 Å². The fourth-order valence-corrected chi connectivity index (χ4v) is 2.76. The fourth-order valence-electron chi connectivity index (χ4n) is 2.76. The maximum atomic E-state index is 6.00. The van der Waals surface area contributed by atoms with Crippen LogP contribution in [0, 0.1) is 17.8 Å². The van der Waals surface area contributed by atoms with Crippen molar-refractivity contribution >= 4 is 0 Å². The minimum absolute atomic E-state index is 0.103. The first kappa shape index (κ1) is 10.3. The van der Waals surface area contributed by atoms with Gasteiger partial charge in [-0.15, -0.1) is 0 Å². The van der Waals surface area contributed by atoms with Gasteiger partial charge in [-0.2, -0.15) is 4.98 Å². The largest absolute Gasteiger partial charge is 0.339 e. The third-order valence-corrected chi connectivity index (χ3v) is 4.07. The highest BCUT2D eigenvalue weighted by molar-refractivity contribution is 5.07. The molecule has 2 N–H and O–H groups in total. The normalized spacial score (nSPS) is 34.1. The molecule has 2 aliphatic rings. The van der Waals surface area contributed by atoms with Crippen LogP contribution in [0.2, 0.25) is 0 Å². The number of rotatable bonds is 3. The summed E-state index contributed by atoms with van der Waals surface area (Å²) in [6.07, 6.45) is 3.90. The third-order valence-electron chi connectivity index (χ3n) is 4.07. The van der Waals surface area contributed by atoms with Crippen LogP contribution in [0.25, 0.3) is 0 Å². The summed E-state index contributed by atoms with van der Waals surface area (Å²) in [5, 5.41) is 4.01. The van der Waals surface area contributed by atoms with E-state index in [1.54, 1.807) is 0 Å². The summed E-state index contributed by atoms with van der Waals surface area (Å²) in [5.74, 6) is 4.23. The molecule has 16 heavy (non-hydrogen) atoms. The van der Waals surface area contributed by atoms with E-state index in [2.05, 4.69) is 24.0 Å². The zero-order valence-corrected chi connectivity index (χ0v) is 9.89. The fraction of sp³-hybridized carbons (Fsp3) is 0.833. The second-order valence-electron chi connectivity index (χ2n) is 5.68. The van der Waals surface area contributed by atoms with Gasteiger partial charge in [0.2, 0.25) is 5.89 Å². The van der Waals surface area contributed by atoms with Gasteiger partial charge in [0.1, 0.15) is 0 Å². The van der Waals surface area contributed by atoms with E-state index >= 15 is 0 Å². The Bertz CT molecular complexity index is 377. The molecule has 0 radical (unpaired) electrons. The minimum atomic E-state index is -0.103. The van der Waals surface area contributed by atoms with E-state index in [0.29, 0.717) is 17.7 Å². The molecule has 0 saturated heterocycles. The Kier molecular flexibility index (Phi) is 2.28. The highest BCUT2D eigenvalue weighted by Crippen LogP contribution is 2.57. The Morgan fingerprint density at radius 1 is 1.25 bits per heavy atom. The number of nitrogens with zero attached hydrogens (tertiary/aromatic N) is 2. The molecule has 3 unspecified atom stereocenters. The van der Waals surface area contributed by atoms with Crippen molar-refractivity contribution in [3.63, 3.8) is 0 Å². The Labute approximate surface area is 95.6 Å². The van der Waals surface area contributed by atoms with Gasteiger partial charge in [-0.3, -0.25) is 0 Å². The molecule has 0 amide bonds. The predicted octanol–water partition coefficient (Wildman–Crippen LogP) is 2.24. The lowest BCUT2D eigenvalue weighted by Crippen LogP contribution is -2.18. The van der Waals surface area contributed by atoms with Crippen LogP contribution in [-0.2, 0) is 0 Å². The molecule has 1 aromatic heterocycles. The van der Waals surface area contributed by atoms with Gasteiger partial charge in [-0.1, -0.05) is 19.0 Å². The van der Waals surface area contributed by atoms with Crippen LogP contribution in [-0.4, -0.2) is 10.1 Å². The van der Waals surface area contributed by atoms with Crippen LogP contribution in [0.15, 0.2) is 4.52 Å². The molecule has 1 heterocycles. The van der Waals surface area contributed by atoms with Gasteiger partial charge in [0.25, 0.3) is 0 Å². The summed E-state index contributed by atoms with van der Waals surface area (Å²) in [6.45, 7) is 4.15. The van der Waals surface area contributed by atoms with Gasteiger partial charge in [0, 0.05) is 5.92 Å². The Morgan fingerprint density at radius 3 is 2.56 bits per heavy atom. The van der Waals surface area contributed by atoms with E-state index in [1.807, 2.05) is 0 Å². The number of nitrogens with two attached hydrogens (primary N) is 1. The molecule has 88 valence electrons. The Hall–Kier alpha value is -0.900. The molecule has 0 aromatic carbocycles. The number of aromatic nitrogens is 2. The van der Waals surface area contributed by atoms with Crippen LogP contribution in [0.4, 0.5) is 0 Å². The summed E-state index contributed by atoms with van der Waals surface area (Å²) < 4.78 is 5.35. The predicted molar refractivity (Wildman–Crippen MR) is 59.6 cm³/mol. The number of hydrogen-bond acceptors (Lipinski definition) is 4. The second-order valence-corrected chi connectivity index (χ2v) is 5.68. The topological polar surface area (TPSA) is 64.9 Å². The van der Waals surface area contributed by atoms with Crippen molar-refractivity contribution in [1.82, 2.24) is 10.1 Å². The first-order chi connectivity index (χ1) is 7.65. The van der Waals surface area contributed by atoms with E-state index in [-0.39, 0.29) is 6.04 Å². The quantitative estimate of drug-likeness (QED) is 0.850. The molecule has 0 aliphatic heterocycles. The lowest BCUT2D eigenvalue weighted by Gasteiger charge is -2.10. The number of fused-ring (bicyclic) bond motifs is 1. The highest BCUT2D eigenvalue weighted by Gasteiger charge is 2.47. The maximum absolute atomic E-state index is 6.00.